The van der Waals surface area contributed by atoms with Crippen LogP contribution in [-0.4, -0.2) is 41.0 Å². The molecule has 138 valence electrons. The summed E-state index contributed by atoms with van der Waals surface area (Å²) in [4.78, 5) is 42.7. The highest BCUT2D eigenvalue weighted by Gasteiger charge is 2.70. The Bertz CT molecular complexity index is 893. The van der Waals surface area contributed by atoms with Crippen molar-refractivity contribution in [1.82, 2.24) is 4.90 Å². The molecule has 2 bridgehead atoms. The molecule has 7 nitrogen and oxygen atoms in total. The Morgan fingerprint density at radius 3 is 2.52 bits per heavy atom. The molecule has 2 saturated carbocycles. The van der Waals surface area contributed by atoms with Gasteiger partial charge in [-0.05, 0) is 24.0 Å². The molecule has 0 unspecified atom stereocenters. The van der Waals surface area contributed by atoms with Crippen molar-refractivity contribution in [3.8, 4) is 0 Å². The highest BCUT2D eigenvalue weighted by atomic mass is 16.6. The molecular formula is C20H17N2O5-. The third-order valence-electron chi connectivity index (χ3n) is 6.35. The summed E-state index contributed by atoms with van der Waals surface area (Å²) in [5.74, 6) is -3.36. The summed E-state index contributed by atoms with van der Waals surface area (Å²) in [6.45, 7) is -0.671. The minimum Gasteiger partial charge on any atom is -0.548 e. The van der Waals surface area contributed by atoms with Crippen LogP contribution < -0.4 is 5.11 Å². The number of hydrogen-bond acceptors (Lipinski definition) is 6. The standard InChI is InChI=1S/C20H18N2O5/c23-14(24)9-22-19(25)16-11-8-12(17(16)20(22)26)18-15(11)13(21-27-18)7-6-10-4-2-1-3-5-10/h1-7,11-12,15-18H,8-9H2,(H,23,24)/p-1/b7-6+/t11-,12-,15+,16+,17-,18+/m0/s1. The van der Waals surface area contributed by atoms with Crippen LogP contribution in [0.25, 0.3) is 6.08 Å². The number of rotatable bonds is 4. The number of oxime groups is 1. The van der Waals surface area contributed by atoms with Gasteiger partial charge in [0.05, 0.1) is 30.1 Å². The summed E-state index contributed by atoms with van der Waals surface area (Å²) >= 11 is 0. The van der Waals surface area contributed by atoms with Gasteiger partial charge < -0.3 is 14.7 Å². The average Bonchev–Trinajstić information content (AvgIpc) is 3.38. The third-order valence-corrected chi connectivity index (χ3v) is 6.35. The van der Waals surface area contributed by atoms with Gasteiger partial charge in [0.1, 0.15) is 6.10 Å². The summed E-state index contributed by atoms with van der Waals surface area (Å²) in [5.41, 5.74) is 1.82. The zero-order valence-electron chi connectivity index (χ0n) is 14.4. The molecule has 0 radical (unpaired) electrons. The molecule has 0 aromatic heterocycles. The second-order valence-electron chi connectivity index (χ2n) is 7.61. The highest BCUT2D eigenvalue weighted by molar-refractivity contribution is 6.09. The Morgan fingerprint density at radius 1 is 1.11 bits per heavy atom. The molecule has 2 heterocycles. The molecule has 2 amide bonds. The number of aliphatic carboxylic acids is 1. The van der Waals surface area contributed by atoms with E-state index in [9.17, 15) is 19.5 Å². The summed E-state index contributed by atoms with van der Waals surface area (Å²) in [6.07, 6.45) is 4.39. The Morgan fingerprint density at radius 2 is 1.81 bits per heavy atom. The van der Waals surface area contributed by atoms with Crippen molar-refractivity contribution in [2.75, 3.05) is 6.54 Å². The molecule has 1 saturated heterocycles. The Kier molecular flexibility index (Phi) is 3.47. The van der Waals surface area contributed by atoms with Crippen molar-refractivity contribution in [3.63, 3.8) is 0 Å². The third kappa shape index (κ3) is 2.27. The number of nitrogens with zero attached hydrogens (tertiary/aromatic N) is 2. The quantitative estimate of drug-likeness (QED) is 0.703. The first-order valence-electron chi connectivity index (χ1n) is 9.08. The lowest BCUT2D eigenvalue weighted by atomic mass is 9.72. The number of carboxylic acids is 1. The maximum Gasteiger partial charge on any atom is 0.233 e. The molecule has 27 heavy (non-hydrogen) atoms. The predicted octanol–water partition coefficient (Wildman–Crippen LogP) is 0.0716. The van der Waals surface area contributed by atoms with Gasteiger partial charge in [-0.1, -0.05) is 41.6 Å². The van der Waals surface area contributed by atoms with E-state index in [4.69, 9.17) is 4.84 Å². The van der Waals surface area contributed by atoms with Gasteiger partial charge in [0.15, 0.2) is 0 Å². The molecule has 0 N–H and O–H groups in total. The molecular weight excluding hydrogens is 348 g/mol. The van der Waals surface area contributed by atoms with Gasteiger partial charge in [0.2, 0.25) is 11.8 Å². The monoisotopic (exact) mass is 365 g/mol. The van der Waals surface area contributed by atoms with Crippen LogP contribution in [0.4, 0.5) is 0 Å². The van der Waals surface area contributed by atoms with Crippen LogP contribution in [-0.2, 0) is 19.2 Å². The molecule has 7 heteroatoms. The van der Waals surface area contributed by atoms with Crippen LogP contribution in [0, 0.1) is 29.6 Å². The number of imide groups is 1. The van der Waals surface area contributed by atoms with Crippen LogP contribution in [0.3, 0.4) is 0 Å². The van der Waals surface area contributed by atoms with Crippen molar-refractivity contribution < 1.29 is 24.3 Å². The SMILES string of the molecule is O=C([O-])CN1C(=O)[C@@H]2[C@H]3C[C@H]([C@H]4ON=C(/C=C/c5ccccc5)[C@@H]34)[C@@H]2C1=O. The number of carboxylic acid groups (broad SMARTS) is 1. The fourth-order valence-corrected chi connectivity index (χ4v) is 5.39. The van der Waals surface area contributed by atoms with E-state index >= 15 is 0 Å². The van der Waals surface area contributed by atoms with E-state index in [-0.39, 0.29) is 23.9 Å². The second kappa shape index (κ2) is 5.77. The summed E-state index contributed by atoms with van der Waals surface area (Å²) in [7, 11) is 0. The van der Waals surface area contributed by atoms with E-state index in [0.29, 0.717) is 0 Å². The van der Waals surface area contributed by atoms with Crippen LogP contribution in [0.15, 0.2) is 41.6 Å². The molecule has 6 atom stereocenters. The lowest BCUT2D eigenvalue weighted by Gasteiger charge is -2.29. The Balaban J connectivity index is 1.40. The largest absolute Gasteiger partial charge is 0.548 e. The van der Waals surface area contributed by atoms with Crippen molar-refractivity contribution >= 4 is 29.6 Å². The first-order chi connectivity index (χ1) is 13.1. The van der Waals surface area contributed by atoms with Crippen LogP contribution in [0.2, 0.25) is 0 Å². The minimum atomic E-state index is -1.42. The van der Waals surface area contributed by atoms with Crippen molar-refractivity contribution in [2.24, 2.45) is 34.7 Å². The first-order valence-corrected chi connectivity index (χ1v) is 9.08. The maximum absolute atomic E-state index is 12.7. The number of hydrogen-bond donors (Lipinski definition) is 0. The number of benzene rings is 1. The molecule has 1 aromatic rings. The zero-order chi connectivity index (χ0) is 18.7. The van der Waals surface area contributed by atoms with Gasteiger partial charge in [-0.25, -0.2) is 0 Å². The average molecular weight is 365 g/mol. The van der Waals surface area contributed by atoms with E-state index < -0.39 is 36.2 Å². The molecule has 3 fully saturated rings. The number of fused-ring (bicyclic) bond motifs is 8. The number of carbonyl (C=O) groups is 3. The lowest BCUT2D eigenvalue weighted by Crippen LogP contribution is -2.42. The molecule has 5 rings (SSSR count). The summed E-state index contributed by atoms with van der Waals surface area (Å²) in [5, 5.41) is 15.1. The lowest BCUT2D eigenvalue weighted by molar-refractivity contribution is -0.305. The first kappa shape index (κ1) is 16.2. The second-order valence-corrected chi connectivity index (χ2v) is 7.61. The van der Waals surface area contributed by atoms with E-state index in [1.54, 1.807) is 0 Å². The minimum absolute atomic E-state index is 0.0316. The number of likely N-dealkylation sites (tertiary alicyclic amines) is 1. The molecule has 0 spiro atoms. The van der Waals surface area contributed by atoms with E-state index in [0.717, 1.165) is 22.6 Å². The van der Waals surface area contributed by atoms with E-state index in [1.807, 2.05) is 42.5 Å². The fraction of sp³-hybridized carbons (Fsp3) is 0.400. The number of amides is 2. The van der Waals surface area contributed by atoms with E-state index in [1.165, 1.54) is 0 Å². The van der Waals surface area contributed by atoms with Gasteiger partial charge in [-0.15, -0.1) is 0 Å². The van der Waals surface area contributed by atoms with Gasteiger partial charge in [-0.3, -0.25) is 14.5 Å². The number of carbonyl (C=O) groups excluding carboxylic acids is 3. The van der Waals surface area contributed by atoms with Crippen LogP contribution in [0.5, 0.6) is 0 Å². The summed E-state index contributed by atoms with van der Waals surface area (Å²) in [6, 6.07) is 9.82. The van der Waals surface area contributed by atoms with Crippen molar-refractivity contribution in [2.45, 2.75) is 12.5 Å². The molecule has 2 aliphatic heterocycles. The van der Waals surface area contributed by atoms with Gasteiger partial charge in [0, 0.05) is 11.8 Å². The van der Waals surface area contributed by atoms with Crippen LogP contribution in [0.1, 0.15) is 12.0 Å². The smallest absolute Gasteiger partial charge is 0.233 e. The molecule has 2 aliphatic carbocycles. The summed E-state index contributed by atoms with van der Waals surface area (Å²) < 4.78 is 0. The number of allylic oxidation sites excluding steroid dienone is 1. The Labute approximate surface area is 155 Å². The topological polar surface area (TPSA) is 99.1 Å². The van der Waals surface area contributed by atoms with Gasteiger partial charge in [0.25, 0.3) is 0 Å². The fourth-order valence-electron chi connectivity index (χ4n) is 5.39. The maximum atomic E-state index is 12.7. The van der Waals surface area contributed by atoms with Gasteiger partial charge >= 0.3 is 0 Å². The van der Waals surface area contributed by atoms with E-state index in [2.05, 4.69) is 5.16 Å². The molecule has 4 aliphatic rings. The van der Waals surface area contributed by atoms with Crippen LogP contribution >= 0.6 is 0 Å². The zero-order valence-corrected chi connectivity index (χ0v) is 14.4. The normalized spacial score (nSPS) is 36.1. The molecule has 1 aromatic carbocycles. The Hall–Kier alpha value is -2.96. The van der Waals surface area contributed by atoms with Crippen molar-refractivity contribution in [3.05, 3.63) is 42.0 Å². The van der Waals surface area contributed by atoms with Crippen molar-refractivity contribution in [1.29, 1.82) is 0 Å². The van der Waals surface area contributed by atoms with Gasteiger partial charge in [-0.2, -0.15) is 0 Å². The highest BCUT2D eigenvalue weighted by Crippen LogP contribution is 2.61. The predicted molar refractivity (Wildman–Crippen MR) is 91.6 cm³/mol.